The van der Waals surface area contributed by atoms with Gasteiger partial charge in [0.25, 0.3) is 0 Å². The van der Waals surface area contributed by atoms with Gasteiger partial charge in [0, 0.05) is 16.7 Å². The smallest absolute Gasteiger partial charge is 0.338 e. The summed E-state index contributed by atoms with van der Waals surface area (Å²) in [4.78, 5) is 12.8. The third kappa shape index (κ3) is 2.52. The van der Waals surface area contributed by atoms with Crippen molar-refractivity contribution in [2.24, 2.45) is 28.6 Å². The summed E-state index contributed by atoms with van der Waals surface area (Å²) in [7, 11) is 0. The fraction of sp³-hybridized carbons (Fsp3) is 0.783. The Balaban J connectivity index is 1.70. The SMILES string of the molecule is CC(C)OC(=O)[C@@]1(O)CCC2C3CCC4=CCC=CC4(C)C3C(O)CC21C. The van der Waals surface area contributed by atoms with Crippen molar-refractivity contribution in [1.82, 2.24) is 0 Å². The summed E-state index contributed by atoms with van der Waals surface area (Å²) in [6.07, 6.45) is 10.9. The summed E-state index contributed by atoms with van der Waals surface area (Å²) in [5.41, 5.74) is -0.759. The molecule has 6 unspecified atom stereocenters. The van der Waals surface area contributed by atoms with Crippen LogP contribution in [0.2, 0.25) is 0 Å². The first-order chi connectivity index (χ1) is 12.6. The van der Waals surface area contributed by atoms with Crippen LogP contribution in [0.15, 0.2) is 23.8 Å². The number of rotatable bonds is 2. The Labute approximate surface area is 162 Å². The van der Waals surface area contributed by atoms with Crippen molar-refractivity contribution in [2.45, 2.75) is 84.0 Å². The molecular weight excluding hydrogens is 340 g/mol. The molecule has 4 nitrogen and oxygen atoms in total. The minimum atomic E-state index is -1.49. The number of fused-ring (bicyclic) bond motifs is 5. The molecule has 2 N–H and O–H groups in total. The zero-order valence-corrected chi connectivity index (χ0v) is 17.1. The fourth-order valence-corrected chi connectivity index (χ4v) is 7.12. The average molecular weight is 375 g/mol. The summed E-state index contributed by atoms with van der Waals surface area (Å²) in [6, 6.07) is 0. The van der Waals surface area contributed by atoms with Gasteiger partial charge in [-0.1, -0.05) is 37.6 Å². The Morgan fingerprint density at radius 2 is 2.04 bits per heavy atom. The summed E-state index contributed by atoms with van der Waals surface area (Å²) in [6.45, 7) is 7.90. The normalized spacial score (nSPS) is 48.5. The highest BCUT2D eigenvalue weighted by Crippen LogP contribution is 2.67. The number of esters is 1. The molecule has 0 aliphatic heterocycles. The van der Waals surface area contributed by atoms with Crippen LogP contribution < -0.4 is 0 Å². The van der Waals surface area contributed by atoms with Gasteiger partial charge in [0.15, 0.2) is 5.60 Å². The van der Waals surface area contributed by atoms with Gasteiger partial charge < -0.3 is 14.9 Å². The molecule has 4 aliphatic rings. The lowest BCUT2D eigenvalue weighted by Crippen LogP contribution is -2.61. The molecule has 3 saturated carbocycles. The molecule has 4 rings (SSSR count). The van der Waals surface area contributed by atoms with E-state index in [0.717, 1.165) is 25.7 Å². The van der Waals surface area contributed by atoms with Gasteiger partial charge in [0.05, 0.1) is 12.2 Å². The van der Waals surface area contributed by atoms with Gasteiger partial charge in [-0.25, -0.2) is 4.79 Å². The number of allylic oxidation sites excluding steroid dienone is 4. The van der Waals surface area contributed by atoms with Crippen molar-refractivity contribution in [1.29, 1.82) is 0 Å². The molecule has 0 saturated heterocycles. The van der Waals surface area contributed by atoms with E-state index in [-0.39, 0.29) is 23.4 Å². The number of ether oxygens (including phenoxy) is 1. The Morgan fingerprint density at radius 3 is 2.74 bits per heavy atom. The highest BCUT2D eigenvalue weighted by atomic mass is 16.6. The van der Waals surface area contributed by atoms with Crippen LogP contribution in [0.1, 0.15) is 66.2 Å². The van der Waals surface area contributed by atoms with Gasteiger partial charge >= 0.3 is 5.97 Å². The molecule has 0 spiro atoms. The number of hydrogen-bond acceptors (Lipinski definition) is 4. The second-order valence-corrected chi connectivity index (χ2v) is 10.0. The van der Waals surface area contributed by atoms with Crippen LogP contribution in [0.25, 0.3) is 0 Å². The monoisotopic (exact) mass is 374 g/mol. The maximum absolute atomic E-state index is 12.8. The van der Waals surface area contributed by atoms with Crippen LogP contribution in [0, 0.1) is 28.6 Å². The first-order valence-electron chi connectivity index (χ1n) is 10.6. The van der Waals surface area contributed by atoms with E-state index in [1.807, 2.05) is 20.8 Å². The van der Waals surface area contributed by atoms with Crippen molar-refractivity contribution < 1.29 is 19.7 Å². The van der Waals surface area contributed by atoms with E-state index in [2.05, 4.69) is 25.2 Å². The second-order valence-electron chi connectivity index (χ2n) is 10.0. The highest BCUT2D eigenvalue weighted by Gasteiger charge is 2.68. The van der Waals surface area contributed by atoms with Gasteiger partial charge in [-0.2, -0.15) is 0 Å². The Morgan fingerprint density at radius 1 is 1.30 bits per heavy atom. The molecule has 0 heterocycles. The van der Waals surface area contributed by atoms with E-state index in [9.17, 15) is 15.0 Å². The summed E-state index contributed by atoms with van der Waals surface area (Å²) < 4.78 is 5.44. The molecule has 4 aliphatic carbocycles. The third-order valence-corrected chi connectivity index (χ3v) is 8.38. The van der Waals surface area contributed by atoms with E-state index in [1.54, 1.807) is 0 Å². The van der Waals surface area contributed by atoms with Crippen LogP contribution in [0.3, 0.4) is 0 Å². The van der Waals surface area contributed by atoms with Crippen LogP contribution in [0.4, 0.5) is 0 Å². The summed E-state index contributed by atoms with van der Waals surface area (Å²) in [5.74, 6) is 0.220. The Kier molecular flexibility index (Phi) is 4.40. The topological polar surface area (TPSA) is 66.8 Å². The van der Waals surface area contributed by atoms with Gasteiger partial charge in [-0.15, -0.1) is 0 Å². The molecular formula is C23H34O4. The first-order valence-corrected chi connectivity index (χ1v) is 10.6. The molecule has 0 aromatic rings. The fourth-order valence-electron chi connectivity index (χ4n) is 7.12. The molecule has 0 aromatic heterocycles. The van der Waals surface area contributed by atoms with Gasteiger partial charge in [-0.3, -0.25) is 0 Å². The predicted molar refractivity (Wildman–Crippen MR) is 104 cm³/mol. The second kappa shape index (κ2) is 6.18. The minimum Gasteiger partial charge on any atom is -0.461 e. The average Bonchev–Trinajstić information content (AvgIpc) is 2.85. The zero-order valence-electron chi connectivity index (χ0n) is 17.1. The highest BCUT2D eigenvalue weighted by molar-refractivity contribution is 5.81. The lowest BCUT2D eigenvalue weighted by atomic mass is 9.46. The van der Waals surface area contributed by atoms with E-state index in [0.29, 0.717) is 18.8 Å². The Bertz CT molecular complexity index is 694. The maximum atomic E-state index is 12.8. The Hall–Kier alpha value is -1.13. The van der Waals surface area contributed by atoms with Crippen molar-refractivity contribution >= 4 is 5.97 Å². The number of carbonyl (C=O) groups excluding carboxylic acids is 1. The van der Waals surface area contributed by atoms with Gasteiger partial charge in [0.2, 0.25) is 0 Å². The minimum absolute atomic E-state index is 0.0962. The molecule has 150 valence electrons. The molecule has 7 atom stereocenters. The molecule has 0 amide bonds. The van der Waals surface area contributed by atoms with E-state index in [1.165, 1.54) is 5.57 Å². The lowest BCUT2D eigenvalue weighted by molar-refractivity contribution is -0.200. The van der Waals surface area contributed by atoms with Crippen molar-refractivity contribution in [3.63, 3.8) is 0 Å². The quantitative estimate of drug-likeness (QED) is 0.570. The van der Waals surface area contributed by atoms with Gasteiger partial charge in [0.1, 0.15) is 0 Å². The first kappa shape index (κ1) is 19.2. The molecule has 27 heavy (non-hydrogen) atoms. The zero-order chi connectivity index (χ0) is 19.6. The summed E-state index contributed by atoms with van der Waals surface area (Å²) >= 11 is 0. The molecule has 0 aromatic carbocycles. The van der Waals surface area contributed by atoms with E-state index in [4.69, 9.17) is 4.74 Å². The van der Waals surface area contributed by atoms with Crippen LogP contribution in [-0.2, 0) is 9.53 Å². The molecule has 0 radical (unpaired) electrons. The van der Waals surface area contributed by atoms with Crippen LogP contribution >= 0.6 is 0 Å². The molecule has 0 bridgehead atoms. The maximum Gasteiger partial charge on any atom is 0.338 e. The number of aliphatic hydroxyl groups is 2. The van der Waals surface area contributed by atoms with Crippen molar-refractivity contribution in [2.75, 3.05) is 0 Å². The number of hydrogen-bond donors (Lipinski definition) is 2. The largest absolute Gasteiger partial charge is 0.461 e. The summed E-state index contributed by atoms with van der Waals surface area (Å²) in [5, 5.41) is 22.7. The van der Waals surface area contributed by atoms with Crippen molar-refractivity contribution in [3.8, 4) is 0 Å². The molecule has 3 fully saturated rings. The van der Waals surface area contributed by atoms with E-state index >= 15 is 0 Å². The molecule has 4 heteroatoms. The lowest BCUT2D eigenvalue weighted by Gasteiger charge is -2.59. The van der Waals surface area contributed by atoms with Crippen molar-refractivity contribution in [3.05, 3.63) is 23.8 Å². The number of aliphatic hydroxyl groups excluding tert-OH is 1. The predicted octanol–water partition coefficient (Wildman–Crippen LogP) is 3.77. The number of carbonyl (C=O) groups is 1. The third-order valence-electron chi connectivity index (χ3n) is 8.38. The van der Waals surface area contributed by atoms with E-state index < -0.39 is 23.1 Å². The standard InChI is InChI=1S/C23H34O4/c1-14(2)27-20(25)23(26)12-10-17-16-9-8-15-7-5-6-11-21(15,3)19(16)18(24)13-22(17,23)4/h6-7,11,14,16-19,24,26H,5,8-10,12-13H2,1-4H3/t16?,17?,18?,19?,21?,22?,23-/m0/s1. The van der Waals surface area contributed by atoms with Gasteiger partial charge in [-0.05, 0) is 64.2 Å². The van der Waals surface area contributed by atoms with Crippen LogP contribution in [0.5, 0.6) is 0 Å². The van der Waals surface area contributed by atoms with Crippen LogP contribution in [-0.4, -0.2) is 34.0 Å².